The zero-order valence-electron chi connectivity index (χ0n) is 7.78. The Balaban J connectivity index is 6.04. The molecular formula is C4H13NO9P2. The molecule has 0 aromatic rings. The molecule has 98 valence electrons. The summed E-state index contributed by atoms with van der Waals surface area (Å²) in [6, 6.07) is 0. The summed E-state index contributed by atoms with van der Waals surface area (Å²) in [5, 5.41) is 26.8. The van der Waals surface area contributed by atoms with Gasteiger partial charge in [0.25, 0.3) is 0 Å². The number of aliphatic hydroxyl groups is 3. The Hall–Kier alpha value is 0.140. The van der Waals surface area contributed by atoms with Crippen molar-refractivity contribution in [3.63, 3.8) is 0 Å². The van der Waals surface area contributed by atoms with Crippen molar-refractivity contribution in [3.05, 3.63) is 0 Å². The number of aliphatic hydroxyl groups excluding tert-OH is 2. The maximum Gasteiger partial charge on any atom is 0.351 e. The molecule has 0 fully saturated rings. The highest BCUT2D eigenvalue weighted by Gasteiger charge is 2.69. The van der Waals surface area contributed by atoms with Gasteiger partial charge >= 0.3 is 15.2 Å². The van der Waals surface area contributed by atoms with E-state index in [9.17, 15) is 14.2 Å². The smallest absolute Gasteiger partial charge is 0.351 e. The van der Waals surface area contributed by atoms with Crippen LogP contribution in [0.1, 0.15) is 0 Å². The molecule has 0 aromatic carbocycles. The number of hydrogen-bond donors (Lipinski definition) is 8. The van der Waals surface area contributed by atoms with E-state index >= 15 is 0 Å². The lowest BCUT2D eigenvalue weighted by atomic mass is 10.2. The molecule has 1 unspecified atom stereocenters. The van der Waals surface area contributed by atoms with Crippen LogP contribution in [0.25, 0.3) is 0 Å². The summed E-state index contributed by atoms with van der Waals surface area (Å²) in [6.45, 7) is -0.978. The molecule has 0 aromatic heterocycles. The van der Waals surface area contributed by atoms with E-state index in [4.69, 9.17) is 35.5 Å². The van der Waals surface area contributed by atoms with Crippen molar-refractivity contribution in [2.45, 2.75) is 17.3 Å². The van der Waals surface area contributed by atoms with Crippen LogP contribution in [0.2, 0.25) is 0 Å². The number of rotatable bonds is 5. The van der Waals surface area contributed by atoms with Gasteiger partial charge in [-0.05, 0) is 0 Å². The molecule has 0 spiro atoms. The van der Waals surface area contributed by atoms with Crippen LogP contribution in [0.5, 0.6) is 0 Å². The van der Waals surface area contributed by atoms with Gasteiger partial charge < -0.3 is 40.6 Å². The van der Waals surface area contributed by atoms with Crippen molar-refractivity contribution in [1.29, 1.82) is 0 Å². The van der Waals surface area contributed by atoms with E-state index in [0.29, 0.717) is 0 Å². The van der Waals surface area contributed by atoms with E-state index < -0.39 is 39.0 Å². The Morgan fingerprint density at radius 1 is 1.00 bits per heavy atom. The SMILES string of the molecule is NCC(O)C(C(O)O)(P(=O)(O)O)P(=O)(O)O. The third-order valence-electron chi connectivity index (χ3n) is 2.03. The van der Waals surface area contributed by atoms with Crippen LogP contribution < -0.4 is 5.73 Å². The van der Waals surface area contributed by atoms with Gasteiger partial charge in [0.2, 0.25) is 4.90 Å². The van der Waals surface area contributed by atoms with Crippen molar-refractivity contribution >= 4 is 15.2 Å². The largest absolute Gasteiger partial charge is 0.390 e. The number of nitrogens with two attached hydrogens (primary N) is 1. The Labute approximate surface area is 89.7 Å². The molecular weight excluding hydrogens is 268 g/mol. The van der Waals surface area contributed by atoms with E-state index in [1.54, 1.807) is 0 Å². The summed E-state index contributed by atoms with van der Waals surface area (Å²) in [4.78, 5) is 31.5. The van der Waals surface area contributed by atoms with Crippen LogP contribution in [0.4, 0.5) is 0 Å². The summed E-state index contributed by atoms with van der Waals surface area (Å²) in [7, 11) is -11.5. The lowest BCUT2D eigenvalue weighted by molar-refractivity contribution is -0.0879. The molecule has 0 heterocycles. The third kappa shape index (κ3) is 2.36. The topological polar surface area (TPSA) is 202 Å². The summed E-state index contributed by atoms with van der Waals surface area (Å²) >= 11 is 0. The maximum atomic E-state index is 11.0. The first kappa shape index (κ1) is 16.1. The molecule has 12 heteroatoms. The lowest BCUT2D eigenvalue weighted by Gasteiger charge is -2.38. The molecule has 0 saturated heterocycles. The molecule has 0 amide bonds. The van der Waals surface area contributed by atoms with E-state index in [2.05, 4.69) is 0 Å². The van der Waals surface area contributed by atoms with Gasteiger partial charge in [-0.2, -0.15) is 0 Å². The fourth-order valence-corrected chi connectivity index (χ4v) is 4.15. The molecule has 0 rings (SSSR count). The first-order chi connectivity index (χ1) is 6.92. The Morgan fingerprint density at radius 2 is 1.31 bits per heavy atom. The lowest BCUT2D eigenvalue weighted by Crippen LogP contribution is -2.54. The highest BCUT2D eigenvalue weighted by atomic mass is 31.2. The second kappa shape index (κ2) is 4.79. The minimum Gasteiger partial charge on any atom is -0.390 e. The maximum absolute atomic E-state index is 11.0. The summed E-state index contributed by atoms with van der Waals surface area (Å²) in [6.07, 6.45) is -5.64. The fourth-order valence-electron chi connectivity index (χ4n) is 1.20. The van der Waals surface area contributed by atoms with Gasteiger partial charge in [0.05, 0.1) is 6.10 Å². The highest BCUT2D eigenvalue weighted by molar-refractivity contribution is 7.72. The van der Waals surface area contributed by atoms with Crippen LogP contribution in [-0.4, -0.2) is 58.7 Å². The Bertz CT molecular complexity index is 308. The van der Waals surface area contributed by atoms with E-state index in [-0.39, 0.29) is 0 Å². The zero-order valence-corrected chi connectivity index (χ0v) is 9.57. The van der Waals surface area contributed by atoms with Crippen molar-refractivity contribution in [2.24, 2.45) is 5.73 Å². The third-order valence-corrected chi connectivity index (χ3v) is 6.51. The van der Waals surface area contributed by atoms with Crippen LogP contribution in [0.15, 0.2) is 0 Å². The van der Waals surface area contributed by atoms with Crippen molar-refractivity contribution in [1.82, 2.24) is 0 Å². The molecule has 0 saturated carbocycles. The monoisotopic (exact) mass is 281 g/mol. The van der Waals surface area contributed by atoms with Crippen molar-refractivity contribution in [2.75, 3.05) is 6.54 Å². The molecule has 9 N–H and O–H groups in total. The van der Waals surface area contributed by atoms with Crippen molar-refractivity contribution < 1.29 is 44.0 Å². The normalized spacial score (nSPS) is 16.6. The molecule has 0 radical (unpaired) electrons. The summed E-state index contributed by atoms with van der Waals surface area (Å²) in [5.41, 5.74) is 4.83. The minimum absolute atomic E-state index is 0.978. The molecule has 0 bridgehead atoms. The predicted molar refractivity (Wildman–Crippen MR) is 50.1 cm³/mol. The quantitative estimate of drug-likeness (QED) is 0.186. The molecule has 16 heavy (non-hydrogen) atoms. The van der Waals surface area contributed by atoms with Crippen LogP contribution in [-0.2, 0) is 9.13 Å². The fraction of sp³-hybridized carbons (Fsp3) is 1.00. The Morgan fingerprint density at radius 3 is 1.38 bits per heavy atom. The average molecular weight is 281 g/mol. The summed E-state index contributed by atoms with van der Waals surface area (Å²) in [5.74, 6) is 0. The second-order valence-electron chi connectivity index (χ2n) is 3.00. The van der Waals surface area contributed by atoms with E-state index in [0.717, 1.165) is 0 Å². The van der Waals surface area contributed by atoms with Crippen LogP contribution >= 0.6 is 15.2 Å². The molecule has 0 aliphatic rings. The first-order valence-corrected chi connectivity index (χ1v) is 7.01. The highest BCUT2D eigenvalue weighted by Crippen LogP contribution is 2.71. The molecule has 0 aliphatic heterocycles. The van der Waals surface area contributed by atoms with Gasteiger partial charge in [-0.15, -0.1) is 0 Å². The molecule has 10 nitrogen and oxygen atoms in total. The van der Waals surface area contributed by atoms with Gasteiger partial charge in [0.1, 0.15) is 0 Å². The Kier molecular flexibility index (Phi) is 4.83. The van der Waals surface area contributed by atoms with Gasteiger partial charge in [0, 0.05) is 6.54 Å². The zero-order chi connectivity index (χ0) is 13.4. The standard InChI is InChI=1S/C4H13NO9P2/c5-1-2(6)4(3(7)8,15(9,10)11)16(12,13)14/h2-3,6-8H,1,5H2,(H2,9,10,11)(H2,12,13,14). The van der Waals surface area contributed by atoms with Gasteiger partial charge in [-0.1, -0.05) is 0 Å². The van der Waals surface area contributed by atoms with E-state index in [1.807, 2.05) is 0 Å². The average Bonchev–Trinajstić information content (AvgIpc) is 1.98. The molecule has 0 aliphatic carbocycles. The van der Waals surface area contributed by atoms with Crippen LogP contribution in [0.3, 0.4) is 0 Å². The van der Waals surface area contributed by atoms with Gasteiger partial charge in [-0.25, -0.2) is 0 Å². The van der Waals surface area contributed by atoms with Gasteiger partial charge in [-0.3, -0.25) is 9.13 Å². The van der Waals surface area contributed by atoms with E-state index in [1.165, 1.54) is 0 Å². The predicted octanol–water partition coefficient (Wildman–Crippen LogP) is -3.33. The minimum atomic E-state index is -5.75. The number of hydrogen-bond acceptors (Lipinski definition) is 6. The molecule has 1 atom stereocenters. The van der Waals surface area contributed by atoms with Crippen LogP contribution in [0, 0.1) is 0 Å². The second-order valence-corrected chi connectivity index (χ2v) is 7.01. The van der Waals surface area contributed by atoms with Crippen molar-refractivity contribution in [3.8, 4) is 0 Å². The first-order valence-electron chi connectivity index (χ1n) is 3.78. The van der Waals surface area contributed by atoms with Gasteiger partial charge in [0.15, 0.2) is 6.29 Å². The summed E-state index contributed by atoms with van der Waals surface area (Å²) < 4.78 is 22.0.